The van der Waals surface area contributed by atoms with E-state index in [0.717, 1.165) is 61.6 Å². The normalized spacial score (nSPS) is 10.8. The molecule has 4 aromatic rings. The second-order valence-corrected chi connectivity index (χ2v) is 11.5. The highest BCUT2D eigenvalue weighted by atomic mass is 16.6. The van der Waals surface area contributed by atoms with Crippen LogP contribution in [0, 0.1) is 40.5 Å². The Hall–Kier alpha value is -6.72. The number of rotatable bonds is 19. The molecule has 4 rings (SSSR count). The molecule has 18 nitrogen and oxygen atoms in total. The summed E-state index contributed by atoms with van der Waals surface area (Å²) < 4.78 is 0. The molecule has 2 N–H and O–H groups in total. The number of nitrogens with zero attached hydrogens (tertiary/aromatic N) is 8. The minimum absolute atomic E-state index is 0.170. The molecule has 0 aliphatic carbocycles. The van der Waals surface area contributed by atoms with E-state index in [-0.39, 0.29) is 11.4 Å². The number of nitro benzene ring substituents is 4. The Morgan fingerprint density at radius 2 is 0.755 bits per heavy atom. The summed E-state index contributed by atoms with van der Waals surface area (Å²) in [5.74, 6) is 0. The van der Waals surface area contributed by atoms with Gasteiger partial charge in [-0.15, -0.1) is 0 Å². The third kappa shape index (κ3) is 13.8. The van der Waals surface area contributed by atoms with Crippen LogP contribution < -0.4 is 10.6 Å². The van der Waals surface area contributed by atoms with Crippen molar-refractivity contribution >= 4 is 56.9 Å². The summed E-state index contributed by atoms with van der Waals surface area (Å²) in [5.41, 5.74) is 1.08. The van der Waals surface area contributed by atoms with Crippen molar-refractivity contribution in [3.63, 3.8) is 0 Å². The molecule has 0 fully saturated rings. The van der Waals surface area contributed by atoms with Crippen LogP contribution in [0.4, 0.5) is 56.9 Å². The lowest BCUT2D eigenvalue weighted by Gasteiger charge is -2.05. The van der Waals surface area contributed by atoms with E-state index >= 15 is 0 Å². The van der Waals surface area contributed by atoms with Gasteiger partial charge in [0.1, 0.15) is 0 Å². The third-order valence-corrected chi connectivity index (χ3v) is 7.47. The molecule has 4 aromatic carbocycles. The number of hydrogen-bond acceptors (Lipinski definition) is 14. The van der Waals surface area contributed by atoms with Gasteiger partial charge in [-0.3, -0.25) is 40.5 Å². The van der Waals surface area contributed by atoms with Crippen LogP contribution in [-0.4, -0.2) is 32.8 Å². The summed E-state index contributed by atoms with van der Waals surface area (Å²) in [5, 5.41) is 66.0. The SMILES string of the molecule is CCCCCCNc1ccc(N=Nc2ccc([N+](=O)[O-])c([N+](=O)[O-])c2)cc1.CCCCCNc1ccc(N=Nc2ccc([N+](=O)[O-])c([N+](=O)[O-])c2)cc1. The van der Waals surface area contributed by atoms with Crippen LogP contribution in [0.5, 0.6) is 0 Å². The van der Waals surface area contributed by atoms with Gasteiger partial charge in [0.05, 0.1) is 54.6 Å². The number of anilines is 2. The minimum atomic E-state index is -0.809. The largest absolute Gasteiger partial charge is 0.385 e. The average Bonchev–Trinajstić information content (AvgIpc) is 3.15. The fourth-order valence-electron chi connectivity index (χ4n) is 4.66. The van der Waals surface area contributed by atoms with E-state index in [1.54, 1.807) is 24.3 Å². The van der Waals surface area contributed by atoms with Crippen LogP contribution in [0.15, 0.2) is 105 Å². The zero-order valence-corrected chi connectivity index (χ0v) is 29.3. The van der Waals surface area contributed by atoms with Crippen LogP contribution in [0.3, 0.4) is 0 Å². The van der Waals surface area contributed by atoms with Crippen molar-refractivity contribution in [3.8, 4) is 0 Å². The lowest BCUT2D eigenvalue weighted by Crippen LogP contribution is -2.00. The molecule has 0 atom stereocenters. The fraction of sp³-hybridized carbons (Fsp3) is 0.314. The van der Waals surface area contributed by atoms with E-state index in [0.29, 0.717) is 11.4 Å². The van der Waals surface area contributed by atoms with Crippen molar-refractivity contribution in [2.24, 2.45) is 20.5 Å². The van der Waals surface area contributed by atoms with Gasteiger partial charge in [0.2, 0.25) is 0 Å². The van der Waals surface area contributed by atoms with Crippen LogP contribution >= 0.6 is 0 Å². The molecule has 0 unspecified atom stereocenters. The molecule has 0 bridgehead atoms. The molecule has 0 amide bonds. The van der Waals surface area contributed by atoms with Crippen molar-refractivity contribution < 1.29 is 19.7 Å². The maximum Gasteiger partial charge on any atom is 0.348 e. The molecule has 0 saturated heterocycles. The van der Waals surface area contributed by atoms with E-state index in [1.165, 1.54) is 44.2 Å². The van der Waals surface area contributed by atoms with Gasteiger partial charge >= 0.3 is 22.7 Å². The highest BCUT2D eigenvalue weighted by Gasteiger charge is 2.25. The Kier molecular flexibility index (Phi) is 16.5. The second kappa shape index (κ2) is 21.5. The molecule has 0 spiro atoms. The number of azo groups is 2. The Bertz CT molecular complexity index is 1900. The smallest absolute Gasteiger partial charge is 0.348 e. The van der Waals surface area contributed by atoms with Crippen molar-refractivity contribution in [1.29, 1.82) is 0 Å². The van der Waals surface area contributed by atoms with Gasteiger partial charge in [-0.25, -0.2) is 0 Å². The maximum absolute atomic E-state index is 11.0. The lowest BCUT2D eigenvalue weighted by molar-refractivity contribution is -0.422. The van der Waals surface area contributed by atoms with E-state index in [1.807, 2.05) is 24.3 Å². The summed E-state index contributed by atoms with van der Waals surface area (Å²) in [4.78, 5) is 40.3. The van der Waals surface area contributed by atoms with Gasteiger partial charge in [0.25, 0.3) is 0 Å². The number of nitro groups is 4. The molecule has 0 aliphatic rings. The topological polar surface area (TPSA) is 246 Å². The first-order chi connectivity index (χ1) is 25.5. The van der Waals surface area contributed by atoms with Gasteiger partial charge in [0.15, 0.2) is 0 Å². The molecule has 0 aromatic heterocycles. The Morgan fingerprint density at radius 3 is 1.11 bits per heavy atom. The number of nitrogens with one attached hydrogen (secondary N) is 2. The highest BCUT2D eigenvalue weighted by Crippen LogP contribution is 2.33. The number of unbranched alkanes of at least 4 members (excludes halogenated alkanes) is 5. The summed E-state index contributed by atoms with van der Waals surface area (Å²) in [7, 11) is 0. The summed E-state index contributed by atoms with van der Waals surface area (Å²) in [6.45, 7) is 6.14. The maximum atomic E-state index is 11.0. The van der Waals surface area contributed by atoms with E-state index in [9.17, 15) is 40.5 Å². The molecular formula is C35H40N10O8. The Balaban J connectivity index is 0.000000286. The molecule has 278 valence electrons. The van der Waals surface area contributed by atoms with E-state index < -0.39 is 42.4 Å². The summed E-state index contributed by atoms with van der Waals surface area (Å²) in [6, 6.07) is 21.4. The van der Waals surface area contributed by atoms with Crippen LogP contribution in [0.25, 0.3) is 0 Å². The van der Waals surface area contributed by atoms with E-state index in [4.69, 9.17) is 0 Å². The molecule has 53 heavy (non-hydrogen) atoms. The van der Waals surface area contributed by atoms with Crippen molar-refractivity contribution in [1.82, 2.24) is 0 Å². The van der Waals surface area contributed by atoms with Crippen LogP contribution in [-0.2, 0) is 0 Å². The molecule has 0 aliphatic heterocycles. The zero-order chi connectivity index (χ0) is 38.6. The van der Waals surface area contributed by atoms with Crippen molar-refractivity contribution in [2.45, 2.75) is 58.8 Å². The molecule has 18 heteroatoms. The lowest BCUT2D eigenvalue weighted by atomic mass is 10.2. The van der Waals surface area contributed by atoms with E-state index in [2.05, 4.69) is 44.9 Å². The molecule has 0 radical (unpaired) electrons. The Labute approximate surface area is 304 Å². The van der Waals surface area contributed by atoms with Gasteiger partial charge in [-0.1, -0.05) is 46.0 Å². The van der Waals surface area contributed by atoms with Crippen LogP contribution in [0.2, 0.25) is 0 Å². The quantitative estimate of drug-likeness (QED) is 0.0400. The highest BCUT2D eigenvalue weighted by molar-refractivity contribution is 5.61. The number of benzene rings is 4. The number of hydrogen-bond donors (Lipinski definition) is 2. The molecule has 0 saturated carbocycles. The van der Waals surface area contributed by atoms with Crippen LogP contribution in [0.1, 0.15) is 58.8 Å². The molecular weight excluding hydrogens is 688 g/mol. The van der Waals surface area contributed by atoms with Crippen molar-refractivity contribution in [2.75, 3.05) is 23.7 Å². The summed E-state index contributed by atoms with van der Waals surface area (Å²) in [6.07, 6.45) is 8.23. The predicted octanol–water partition coefficient (Wildman–Crippen LogP) is 11.4. The summed E-state index contributed by atoms with van der Waals surface area (Å²) >= 11 is 0. The van der Waals surface area contributed by atoms with Gasteiger partial charge in [-0.05, 0) is 73.5 Å². The minimum Gasteiger partial charge on any atom is -0.385 e. The average molecular weight is 729 g/mol. The molecule has 0 heterocycles. The first kappa shape index (κ1) is 40.7. The van der Waals surface area contributed by atoms with Gasteiger partial charge in [-0.2, -0.15) is 20.5 Å². The first-order valence-electron chi connectivity index (χ1n) is 16.9. The van der Waals surface area contributed by atoms with Gasteiger partial charge in [0, 0.05) is 36.6 Å². The van der Waals surface area contributed by atoms with Crippen molar-refractivity contribution in [3.05, 3.63) is 125 Å². The predicted molar refractivity (Wildman–Crippen MR) is 201 cm³/mol. The monoisotopic (exact) mass is 728 g/mol. The third-order valence-electron chi connectivity index (χ3n) is 7.47. The second-order valence-electron chi connectivity index (χ2n) is 11.5. The zero-order valence-electron chi connectivity index (χ0n) is 29.3. The van der Waals surface area contributed by atoms with Gasteiger partial charge < -0.3 is 10.6 Å². The standard InChI is InChI=1S/C18H21N5O4.C17H19N5O4/c1-2-3-4-5-12-19-14-6-8-15(9-7-14)20-21-16-10-11-17(22(24)25)18(13-16)23(26)27;1-2-3-4-11-18-13-5-7-14(8-6-13)19-20-15-9-10-16(21(23)24)17(12-15)22(25)26/h6-11,13,19H,2-5,12H2,1H3;5-10,12,18H,2-4,11H2,1H3. The fourth-order valence-corrected chi connectivity index (χ4v) is 4.66. The first-order valence-corrected chi connectivity index (χ1v) is 16.9. The Morgan fingerprint density at radius 1 is 0.434 bits per heavy atom.